The van der Waals surface area contributed by atoms with Gasteiger partial charge in [-0.05, 0) is 86.5 Å². The van der Waals surface area contributed by atoms with E-state index in [4.69, 9.17) is 4.74 Å². The molecule has 190 valence electrons. The summed E-state index contributed by atoms with van der Waals surface area (Å²) in [5.41, 5.74) is 3.37. The summed E-state index contributed by atoms with van der Waals surface area (Å²) in [5.74, 6) is -1.20. The molecule has 0 N–H and O–H groups in total. The number of benzene rings is 2. The molecule has 0 bridgehead atoms. The van der Waals surface area contributed by atoms with Crippen LogP contribution in [0.5, 0.6) is 11.5 Å². The number of pyridine rings is 3. The first-order valence-corrected chi connectivity index (χ1v) is 11.9. The minimum absolute atomic E-state index is 0.00496. The van der Waals surface area contributed by atoms with Crippen molar-refractivity contribution in [2.24, 2.45) is 0 Å². The molecule has 38 heavy (non-hydrogen) atoms. The predicted octanol–water partition coefficient (Wildman–Crippen LogP) is 6.20. The van der Waals surface area contributed by atoms with Crippen LogP contribution in [0.25, 0.3) is 16.7 Å². The van der Waals surface area contributed by atoms with Crippen LogP contribution in [0.2, 0.25) is 0 Å². The first-order valence-electron chi connectivity index (χ1n) is 11.9. The van der Waals surface area contributed by atoms with Gasteiger partial charge in [-0.2, -0.15) is 0 Å². The lowest BCUT2D eigenvalue weighted by Crippen LogP contribution is -2.29. The van der Waals surface area contributed by atoms with Crippen molar-refractivity contribution in [3.05, 3.63) is 123 Å². The molecule has 3 heterocycles. The van der Waals surface area contributed by atoms with Crippen LogP contribution in [0.4, 0.5) is 8.78 Å². The average molecular weight is 512 g/mol. The van der Waals surface area contributed by atoms with E-state index >= 15 is 4.39 Å². The molecule has 6 nitrogen and oxygen atoms in total. The number of hydrogen-bond acceptors (Lipinski definition) is 5. The second-order valence-electron chi connectivity index (χ2n) is 9.06. The monoisotopic (exact) mass is 511 g/mol. The highest BCUT2D eigenvalue weighted by molar-refractivity contribution is 5.98. The molecule has 0 aliphatic carbocycles. The molecule has 0 saturated carbocycles. The lowest BCUT2D eigenvalue weighted by Gasteiger charge is -2.14. The molecule has 2 aromatic carbocycles. The molecule has 5 rings (SSSR count). The number of halogens is 2. The molecule has 0 aliphatic rings. The molecule has 5 aromatic rings. The molecule has 3 aromatic heterocycles. The summed E-state index contributed by atoms with van der Waals surface area (Å²) in [7, 11) is 0. The van der Waals surface area contributed by atoms with Crippen molar-refractivity contribution in [2.75, 3.05) is 0 Å². The number of aromatic nitrogens is 3. The van der Waals surface area contributed by atoms with Gasteiger partial charge in [0.2, 0.25) is 0 Å². The van der Waals surface area contributed by atoms with Crippen molar-refractivity contribution in [3.63, 3.8) is 0 Å². The summed E-state index contributed by atoms with van der Waals surface area (Å²) in [5, 5.41) is 0. The minimum Gasteiger partial charge on any atom is -0.452 e. The Balaban J connectivity index is 1.42. The first kappa shape index (κ1) is 25.0. The number of fused-ring (bicyclic) bond motifs is 1. The number of carbonyl (C=O) groups is 1. The van der Waals surface area contributed by atoms with E-state index in [-0.39, 0.29) is 17.7 Å². The molecule has 8 heteroatoms. The molecular formula is C30H23F2N3O3. The van der Waals surface area contributed by atoms with Crippen LogP contribution >= 0.6 is 0 Å². The summed E-state index contributed by atoms with van der Waals surface area (Å²) in [4.78, 5) is 35.3. The zero-order valence-corrected chi connectivity index (χ0v) is 21.0. The Hall–Kier alpha value is -4.72. The second-order valence-corrected chi connectivity index (χ2v) is 9.06. The summed E-state index contributed by atoms with van der Waals surface area (Å²) in [6.07, 6.45) is 1.38. The number of ether oxygens (including phenoxy) is 1. The zero-order chi connectivity index (χ0) is 27.0. The van der Waals surface area contributed by atoms with Crippen LogP contribution in [0.3, 0.4) is 0 Å². The molecular weight excluding hydrogens is 488 g/mol. The Bertz CT molecular complexity index is 1760. The number of rotatable bonds is 6. The van der Waals surface area contributed by atoms with E-state index in [1.54, 1.807) is 38.2 Å². The van der Waals surface area contributed by atoms with Crippen molar-refractivity contribution < 1.29 is 18.3 Å². The molecule has 0 radical (unpaired) electrons. The number of hydrogen-bond donors (Lipinski definition) is 0. The van der Waals surface area contributed by atoms with Gasteiger partial charge >= 0.3 is 0 Å². The van der Waals surface area contributed by atoms with Crippen molar-refractivity contribution in [2.45, 2.75) is 27.2 Å². The fourth-order valence-corrected chi connectivity index (χ4v) is 4.45. The van der Waals surface area contributed by atoms with Crippen LogP contribution in [0.15, 0.2) is 77.7 Å². The van der Waals surface area contributed by atoms with Gasteiger partial charge in [-0.25, -0.2) is 13.8 Å². The normalized spacial score (nSPS) is 11.1. The maximum absolute atomic E-state index is 15.0. The zero-order valence-electron chi connectivity index (χ0n) is 21.0. The smallest absolute Gasteiger partial charge is 0.266 e. The highest BCUT2D eigenvalue weighted by Gasteiger charge is 2.20. The van der Waals surface area contributed by atoms with Crippen LogP contribution in [0.1, 0.15) is 32.9 Å². The van der Waals surface area contributed by atoms with Gasteiger partial charge in [0.25, 0.3) is 5.56 Å². The summed E-state index contributed by atoms with van der Waals surface area (Å²) < 4.78 is 35.6. The quantitative estimate of drug-likeness (QED) is 0.254. The van der Waals surface area contributed by atoms with Gasteiger partial charge in [0.1, 0.15) is 11.3 Å². The second kappa shape index (κ2) is 9.97. The molecule has 0 amide bonds. The Morgan fingerprint density at radius 2 is 1.68 bits per heavy atom. The van der Waals surface area contributed by atoms with Crippen LogP contribution in [0, 0.1) is 32.4 Å². The third-order valence-electron chi connectivity index (χ3n) is 6.22. The van der Waals surface area contributed by atoms with Gasteiger partial charge in [0, 0.05) is 35.8 Å². The topological polar surface area (TPSA) is 74.1 Å². The lowest BCUT2D eigenvalue weighted by molar-refractivity contribution is 0.0990. The summed E-state index contributed by atoms with van der Waals surface area (Å²) in [6, 6.07) is 16.7. The number of nitrogens with zero attached hydrogens (tertiary/aromatic N) is 3. The molecule has 0 atom stereocenters. The predicted molar refractivity (Wildman–Crippen MR) is 140 cm³/mol. The summed E-state index contributed by atoms with van der Waals surface area (Å²) >= 11 is 0. The van der Waals surface area contributed by atoms with Gasteiger partial charge in [-0.15, -0.1) is 0 Å². The number of carbonyl (C=O) groups excluding carboxylic acids is 1. The van der Waals surface area contributed by atoms with E-state index in [0.29, 0.717) is 39.3 Å². The van der Waals surface area contributed by atoms with Crippen LogP contribution in [-0.4, -0.2) is 20.3 Å². The van der Waals surface area contributed by atoms with E-state index < -0.39 is 23.0 Å². The fourth-order valence-electron chi connectivity index (χ4n) is 4.45. The van der Waals surface area contributed by atoms with Gasteiger partial charge in [-0.3, -0.25) is 19.1 Å². The number of Topliss-reactive ketones (excluding diaryl/α,β-unsaturated/α-hetero) is 1. The Labute approximate surface area is 217 Å². The highest BCUT2D eigenvalue weighted by Crippen LogP contribution is 2.30. The lowest BCUT2D eigenvalue weighted by atomic mass is 9.99. The van der Waals surface area contributed by atoms with Gasteiger partial charge in [0.15, 0.2) is 23.1 Å². The van der Waals surface area contributed by atoms with E-state index in [0.717, 1.165) is 5.69 Å². The van der Waals surface area contributed by atoms with Crippen molar-refractivity contribution in [1.29, 1.82) is 0 Å². The Morgan fingerprint density at radius 3 is 2.42 bits per heavy atom. The van der Waals surface area contributed by atoms with Crippen molar-refractivity contribution in [1.82, 2.24) is 14.5 Å². The summed E-state index contributed by atoms with van der Waals surface area (Å²) in [6.45, 7) is 5.26. The maximum atomic E-state index is 15.0. The van der Waals surface area contributed by atoms with E-state index in [9.17, 15) is 14.0 Å². The fraction of sp³-hybridized carbons (Fsp3) is 0.133. The molecule has 0 spiro atoms. The third kappa shape index (κ3) is 4.80. The minimum atomic E-state index is -0.655. The number of aryl methyl sites for hydroxylation is 3. The SMILES string of the molecule is Cc1ccc2nccc(Oc3ccc(CC(=O)c4c(C)cc(C)n(-c5ccc(F)cc5)c4=O)cc3F)c2n1. The molecule has 0 unspecified atom stereocenters. The standard InChI is InChI=1S/C30H23F2N3O3/c1-17-14-19(3)35(22-8-6-21(31)7-9-22)30(37)28(17)25(36)16-20-5-11-26(23(32)15-20)38-27-12-13-33-24-10-4-18(2)34-29(24)27/h4-15H,16H2,1-3H3. The maximum Gasteiger partial charge on any atom is 0.266 e. The van der Waals surface area contributed by atoms with Crippen LogP contribution in [-0.2, 0) is 6.42 Å². The third-order valence-corrected chi connectivity index (χ3v) is 6.22. The van der Waals surface area contributed by atoms with Crippen molar-refractivity contribution >= 4 is 16.8 Å². The average Bonchev–Trinajstić information content (AvgIpc) is 2.87. The van der Waals surface area contributed by atoms with Crippen molar-refractivity contribution in [3.8, 4) is 17.2 Å². The van der Waals surface area contributed by atoms with Gasteiger partial charge in [0.05, 0.1) is 11.1 Å². The molecule has 0 aliphatic heterocycles. The van der Waals surface area contributed by atoms with E-state index in [1.165, 1.54) is 41.0 Å². The molecule has 0 fully saturated rings. The van der Waals surface area contributed by atoms with Gasteiger partial charge in [-0.1, -0.05) is 6.07 Å². The Kier molecular flexibility index (Phi) is 6.55. The highest BCUT2D eigenvalue weighted by atomic mass is 19.1. The van der Waals surface area contributed by atoms with Gasteiger partial charge < -0.3 is 4.74 Å². The van der Waals surface area contributed by atoms with E-state index in [2.05, 4.69) is 9.97 Å². The van der Waals surface area contributed by atoms with Crippen LogP contribution < -0.4 is 10.3 Å². The molecule has 0 saturated heterocycles. The largest absolute Gasteiger partial charge is 0.452 e. The number of ketones is 1. The Morgan fingerprint density at radius 1 is 0.921 bits per heavy atom. The van der Waals surface area contributed by atoms with E-state index in [1.807, 2.05) is 19.1 Å². The first-order chi connectivity index (χ1) is 18.2.